The summed E-state index contributed by atoms with van der Waals surface area (Å²) in [6, 6.07) is 7.80. The second-order valence-corrected chi connectivity index (χ2v) is 7.65. The van der Waals surface area contributed by atoms with Gasteiger partial charge >= 0.3 is 0 Å². The van der Waals surface area contributed by atoms with Gasteiger partial charge in [0.25, 0.3) is 0 Å². The molecule has 0 spiro atoms. The molecular weight excluding hydrogens is 362 g/mol. The van der Waals surface area contributed by atoms with Crippen LogP contribution in [0.5, 0.6) is 0 Å². The number of hydrogen-bond donors (Lipinski definition) is 0. The predicted molar refractivity (Wildman–Crippen MR) is 103 cm³/mol. The number of aryl methyl sites for hydroxylation is 1. The van der Waals surface area contributed by atoms with E-state index in [0.29, 0.717) is 41.5 Å². The summed E-state index contributed by atoms with van der Waals surface area (Å²) in [4.78, 5) is 8.38. The molecule has 0 bridgehead atoms. The molecule has 28 heavy (non-hydrogen) atoms. The molecule has 3 rings (SSSR count). The van der Waals surface area contributed by atoms with Crippen LogP contribution < -0.4 is 0 Å². The van der Waals surface area contributed by atoms with Crippen LogP contribution in [0.15, 0.2) is 36.5 Å². The normalized spacial score (nSPS) is 11.8. The molecule has 2 aromatic heterocycles. The summed E-state index contributed by atoms with van der Waals surface area (Å²) in [6.07, 6.45) is 2.87. The average Bonchev–Trinajstić information content (AvgIpc) is 3.06. The van der Waals surface area contributed by atoms with Gasteiger partial charge in [0, 0.05) is 25.7 Å². The highest BCUT2D eigenvalue weighted by Crippen LogP contribution is 2.28. The Kier molecular flexibility index (Phi) is 5.84. The van der Waals surface area contributed by atoms with Gasteiger partial charge in [-0.2, -0.15) is 4.39 Å². The molecule has 2 heterocycles. The van der Waals surface area contributed by atoms with Crippen molar-refractivity contribution >= 4 is 0 Å². The van der Waals surface area contributed by atoms with E-state index in [1.807, 2.05) is 0 Å². The Morgan fingerprint density at radius 3 is 2.57 bits per heavy atom. The Morgan fingerprint density at radius 2 is 1.93 bits per heavy atom. The van der Waals surface area contributed by atoms with Gasteiger partial charge in [-0.25, -0.2) is 19.0 Å². The second-order valence-electron chi connectivity index (χ2n) is 7.65. The van der Waals surface area contributed by atoms with Crippen molar-refractivity contribution in [2.75, 3.05) is 13.7 Å². The molecule has 0 unspecified atom stereocenters. The minimum Gasteiger partial charge on any atom is -0.385 e. The smallest absolute Gasteiger partial charge is 0.212 e. The van der Waals surface area contributed by atoms with Crippen LogP contribution in [0.3, 0.4) is 0 Å². The fourth-order valence-electron chi connectivity index (χ4n) is 2.91. The highest BCUT2D eigenvalue weighted by Gasteiger charge is 2.24. The maximum Gasteiger partial charge on any atom is 0.212 e. The van der Waals surface area contributed by atoms with E-state index in [1.54, 1.807) is 36.9 Å². The molecule has 0 atom stereocenters. The molecule has 0 amide bonds. The Hall–Kier alpha value is -2.67. The predicted octanol–water partition coefficient (Wildman–Crippen LogP) is 4.52. The lowest BCUT2D eigenvalue weighted by Gasteiger charge is -2.23. The third-order valence-corrected chi connectivity index (χ3v) is 4.68. The zero-order valence-corrected chi connectivity index (χ0v) is 16.5. The van der Waals surface area contributed by atoms with Crippen LogP contribution in [-0.4, -0.2) is 33.5 Å². The van der Waals surface area contributed by atoms with Crippen LogP contribution in [0.2, 0.25) is 0 Å². The Balaban J connectivity index is 2.03. The van der Waals surface area contributed by atoms with Gasteiger partial charge in [0.05, 0.1) is 11.9 Å². The van der Waals surface area contributed by atoms with Crippen molar-refractivity contribution < 1.29 is 13.5 Å². The van der Waals surface area contributed by atoms with Crippen LogP contribution >= 0.6 is 0 Å². The summed E-state index contributed by atoms with van der Waals surface area (Å²) >= 11 is 0. The molecule has 3 aromatic rings. The van der Waals surface area contributed by atoms with Crippen LogP contribution in [0.4, 0.5) is 8.78 Å². The van der Waals surface area contributed by atoms with E-state index in [-0.39, 0.29) is 11.2 Å². The van der Waals surface area contributed by atoms with Crippen LogP contribution in [0, 0.1) is 24.1 Å². The number of aromatic nitrogens is 4. The third kappa shape index (κ3) is 4.59. The van der Waals surface area contributed by atoms with E-state index < -0.39 is 5.95 Å². The second kappa shape index (κ2) is 8.14. The molecule has 0 saturated carbocycles. The van der Waals surface area contributed by atoms with Crippen LogP contribution in [-0.2, 0) is 11.2 Å². The highest BCUT2D eigenvalue weighted by molar-refractivity contribution is 5.56. The van der Waals surface area contributed by atoms with Crippen molar-refractivity contribution in [1.82, 2.24) is 19.7 Å². The molecule has 148 valence electrons. The van der Waals surface area contributed by atoms with Crippen LogP contribution in [0.25, 0.3) is 17.1 Å². The first-order valence-corrected chi connectivity index (χ1v) is 9.12. The van der Waals surface area contributed by atoms with Crippen molar-refractivity contribution in [2.45, 2.75) is 33.6 Å². The van der Waals surface area contributed by atoms with Gasteiger partial charge in [-0.1, -0.05) is 26.0 Å². The number of rotatable bonds is 7. The molecule has 0 aliphatic rings. The highest BCUT2D eigenvalue weighted by atomic mass is 19.1. The van der Waals surface area contributed by atoms with Crippen molar-refractivity contribution in [3.05, 3.63) is 59.7 Å². The minimum absolute atomic E-state index is 0.0932. The lowest BCUT2D eigenvalue weighted by molar-refractivity contribution is 0.150. The monoisotopic (exact) mass is 386 g/mol. The van der Waals surface area contributed by atoms with E-state index in [0.717, 1.165) is 6.42 Å². The van der Waals surface area contributed by atoms with Crippen molar-refractivity contribution in [2.24, 2.45) is 5.41 Å². The number of ether oxygens (including phenoxy) is 1. The Labute approximate surface area is 163 Å². The van der Waals surface area contributed by atoms with E-state index >= 15 is 0 Å². The van der Waals surface area contributed by atoms with E-state index in [4.69, 9.17) is 4.74 Å². The number of hydrogen-bond acceptors (Lipinski definition) is 4. The summed E-state index contributed by atoms with van der Waals surface area (Å²) in [5.74, 6) is 0.247. The molecule has 0 aliphatic carbocycles. The van der Waals surface area contributed by atoms with E-state index in [1.165, 1.54) is 18.3 Å². The third-order valence-electron chi connectivity index (χ3n) is 4.68. The first kappa shape index (κ1) is 20.1. The summed E-state index contributed by atoms with van der Waals surface area (Å²) in [6.45, 7) is 6.59. The van der Waals surface area contributed by atoms with Crippen LogP contribution in [0.1, 0.15) is 31.7 Å². The quantitative estimate of drug-likeness (QED) is 0.560. The lowest BCUT2D eigenvalue weighted by atomic mass is 9.85. The molecule has 0 saturated heterocycles. The maximum absolute atomic E-state index is 14.0. The first-order chi connectivity index (χ1) is 13.3. The molecule has 1 aromatic carbocycles. The SMILES string of the molecule is COCCC(C)(C)Cc1nc(-c2ccc(C)c(F)c2)nn1-c1ccc(F)nc1. The summed E-state index contributed by atoms with van der Waals surface area (Å²) < 4.78 is 34.1. The minimum atomic E-state index is -0.563. The largest absolute Gasteiger partial charge is 0.385 e. The van der Waals surface area contributed by atoms with Crippen molar-refractivity contribution in [3.8, 4) is 17.1 Å². The number of halogens is 2. The zero-order chi connectivity index (χ0) is 20.3. The number of pyridine rings is 1. The summed E-state index contributed by atoms with van der Waals surface area (Å²) in [5.41, 5.74) is 1.66. The number of benzene rings is 1. The van der Waals surface area contributed by atoms with Crippen molar-refractivity contribution in [1.29, 1.82) is 0 Å². The topological polar surface area (TPSA) is 52.8 Å². The zero-order valence-electron chi connectivity index (χ0n) is 16.5. The molecular formula is C21H24F2N4O. The summed E-state index contributed by atoms with van der Waals surface area (Å²) in [5, 5.41) is 4.56. The maximum atomic E-state index is 14.0. The van der Waals surface area contributed by atoms with Gasteiger partial charge in [-0.15, -0.1) is 5.10 Å². The van der Waals surface area contributed by atoms with Gasteiger partial charge in [0.15, 0.2) is 5.82 Å². The number of nitrogens with zero attached hydrogens (tertiary/aromatic N) is 4. The lowest BCUT2D eigenvalue weighted by Crippen LogP contribution is -2.20. The molecule has 5 nitrogen and oxygen atoms in total. The average molecular weight is 386 g/mol. The summed E-state index contributed by atoms with van der Waals surface area (Å²) in [7, 11) is 1.67. The number of methoxy groups -OCH3 is 1. The molecule has 0 fully saturated rings. The van der Waals surface area contributed by atoms with E-state index in [9.17, 15) is 8.78 Å². The molecule has 0 radical (unpaired) electrons. The first-order valence-electron chi connectivity index (χ1n) is 9.12. The Bertz CT molecular complexity index is 952. The fourth-order valence-corrected chi connectivity index (χ4v) is 2.91. The fraction of sp³-hybridized carbons (Fsp3) is 0.381. The van der Waals surface area contributed by atoms with E-state index in [2.05, 4.69) is 28.9 Å². The van der Waals surface area contributed by atoms with Gasteiger partial charge in [-0.3, -0.25) is 0 Å². The molecule has 0 aliphatic heterocycles. The molecule has 7 heteroatoms. The van der Waals surface area contributed by atoms with Gasteiger partial charge in [0.2, 0.25) is 5.95 Å². The molecule has 0 N–H and O–H groups in total. The standard InChI is InChI=1S/C21H24F2N4O/c1-14-5-6-15(11-17(14)22)20-25-19(12-21(2,3)9-10-28-4)27(26-20)16-7-8-18(23)24-13-16/h5-8,11,13H,9-10,12H2,1-4H3. The Morgan fingerprint density at radius 1 is 1.14 bits per heavy atom. The van der Waals surface area contributed by atoms with Crippen molar-refractivity contribution in [3.63, 3.8) is 0 Å². The van der Waals surface area contributed by atoms with Gasteiger partial charge < -0.3 is 4.74 Å². The van der Waals surface area contributed by atoms with Gasteiger partial charge in [0.1, 0.15) is 11.6 Å². The van der Waals surface area contributed by atoms with Gasteiger partial charge in [-0.05, 0) is 42.5 Å².